The van der Waals surface area contributed by atoms with E-state index in [9.17, 15) is 0 Å². The van der Waals surface area contributed by atoms with Gasteiger partial charge in [0, 0.05) is 36.2 Å². The van der Waals surface area contributed by atoms with Crippen molar-refractivity contribution in [1.82, 2.24) is 9.91 Å². The van der Waals surface area contributed by atoms with E-state index >= 15 is 0 Å². The number of halogens is 1. The quantitative estimate of drug-likeness (QED) is 0.733. The molecule has 4 nitrogen and oxygen atoms in total. The minimum atomic E-state index is 0.553. The number of rotatable bonds is 5. The first kappa shape index (κ1) is 17.0. The number of benzene rings is 2. The van der Waals surface area contributed by atoms with Crippen molar-refractivity contribution in [3.63, 3.8) is 0 Å². The fourth-order valence-corrected chi connectivity index (χ4v) is 2.92. The Balaban J connectivity index is 1.68. The standard InChI is InChI=1S/C19H22BrN3O/c1-22-9-11-23(12-10-22)21-14-17-13-18(20)7-8-19(17)24-15-16-5-3-2-4-6-16/h2-8,13-14H,9-12,15H2,1H3/b21-14-. The first-order valence-electron chi connectivity index (χ1n) is 8.14. The number of hydrogen-bond acceptors (Lipinski definition) is 4. The van der Waals surface area contributed by atoms with Crippen LogP contribution in [0.1, 0.15) is 11.1 Å². The highest BCUT2D eigenvalue weighted by Crippen LogP contribution is 2.23. The van der Waals surface area contributed by atoms with Crippen LogP contribution in [0.2, 0.25) is 0 Å². The Morgan fingerprint density at radius 1 is 1.08 bits per heavy atom. The molecule has 0 bridgehead atoms. The zero-order chi connectivity index (χ0) is 16.8. The second-order valence-electron chi connectivity index (χ2n) is 5.96. The summed E-state index contributed by atoms with van der Waals surface area (Å²) in [6.45, 7) is 4.57. The summed E-state index contributed by atoms with van der Waals surface area (Å²) in [5, 5.41) is 6.74. The average molecular weight is 388 g/mol. The van der Waals surface area contributed by atoms with Crippen molar-refractivity contribution in [1.29, 1.82) is 0 Å². The van der Waals surface area contributed by atoms with Gasteiger partial charge in [-0.15, -0.1) is 0 Å². The van der Waals surface area contributed by atoms with Crippen LogP contribution in [-0.4, -0.2) is 49.4 Å². The monoisotopic (exact) mass is 387 g/mol. The maximum atomic E-state index is 6.00. The van der Waals surface area contributed by atoms with Crippen LogP contribution in [0, 0.1) is 0 Å². The van der Waals surface area contributed by atoms with E-state index in [2.05, 4.69) is 50.1 Å². The molecule has 0 unspecified atom stereocenters. The molecule has 126 valence electrons. The second-order valence-corrected chi connectivity index (χ2v) is 6.87. The number of ether oxygens (including phenoxy) is 1. The topological polar surface area (TPSA) is 28.1 Å². The summed E-state index contributed by atoms with van der Waals surface area (Å²) in [6, 6.07) is 16.2. The smallest absolute Gasteiger partial charge is 0.128 e. The molecule has 0 saturated carbocycles. The van der Waals surface area contributed by atoms with Crippen LogP contribution in [0.5, 0.6) is 5.75 Å². The highest BCUT2D eigenvalue weighted by molar-refractivity contribution is 9.10. The van der Waals surface area contributed by atoms with Gasteiger partial charge < -0.3 is 9.64 Å². The Morgan fingerprint density at radius 2 is 1.83 bits per heavy atom. The summed E-state index contributed by atoms with van der Waals surface area (Å²) < 4.78 is 7.02. The molecule has 24 heavy (non-hydrogen) atoms. The lowest BCUT2D eigenvalue weighted by Gasteiger charge is -2.30. The van der Waals surface area contributed by atoms with Crippen LogP contribution in [0.25, 0.3) is 0 Å². The van der Waals surface area contributed by atoms with E-state index in [1.807, 2.05) is 42.6 Å². The van der Waals surface area contributed by atoms with Gasteiger partial charge in [0.15, 0.2) is 0 Å². The molecular weight excluding hydrogens is 366 g/mol. The maximum absolute atomic E-state index is 6.00. The van der Waals surface area contributed by atoms with Crippen molar-refractivity contribution in [3.8, 4) is 5.75 Å². The largest absolute Gasteiger partial charge is 0.488 e. The summed E-state index contributed by atoms with van der Waals surface area (Å²) in [7, 11) is 2.14. The van der Waals surface area contributed by atoms with Gasteiger partial charge in [-0.1, -0.05) is 46.3 Å². The van der Waals surface area contributed by atoms with E-state index < -0.39 is 0 Å². The van der Waals surface area contributed by atoms with Crippen molar-refractivity contribution in [2.45, 2.75) is 6.61 Å². The van der Waals surface area contributed by atoms with E-state index in [0.717, 1.165) is 47.5 Å². The molecule has 3 rings (SSSR count). The number of likely N-dealkylation sites (N-methyl/N-ethyl adjacent to an activating group) is 1. The molecule has 0 aliphatic carbocycles. The Labute approximate surface area is 151 Å². The minimum Gasteiger partial charge on any atom is -0.488 e. The summed E-state index contributed by atoms with van der Waals surface area (Å²) in [6.07, 6.45) is 1.90. The predicted octanol–water partition coefficient (Wildman–Crippen LogP) is 3.61. The highest BCUT2D eigenvalue weighted by Gasteiger charge is 2.11. The van der Waals surface area contributed by atoms with Crippen molar-refractivity contribution < 1.29 is 4.74 Å². The van der Waals surface area contributed by atoms with Crippen LogP contribution < -0.4 is 4.74 Å². The van der Waals surface area contributed by atoms with Gasteiger partial charge in [-0.3, -0.25) is 5.01 Å². The first-order chi connectivity index (χ1) is 11.7. The van der Waals surface area contributed by atoms with Gasteiger partial charge in [0.2, 0.25) is 0 Å². The normalized spacial score (nSPS) is 15.8. The number of hydrazone groups is 1. The summed E-state index contributed by atoms with van der Waals surface area (Å²) in [5.41, 5.74) is 2.14. The lowest BCUT2D eigenvalue weighted by Crippen LogP contribution is -2.41. The predicted molar refractivity (Wildman–Crippen MR) is 102 cm³/mol. The van der Waals surface area contributed by atoms with Crippen LogP contribution in [0.15, 0.2) is 58.1 Å². The van der Waals surface area contributed by atoms with E-state index in [-0.39, 0.29) is 0 Å². The van der Waals surface area contributed by atoms with Gasteiger partial charge in [-0.25, -0.2) is 0 Å². The molecule has 0 spiro atoms. The van der Waals surface area contributed by atoms with E-state index in [1.54, 1.807) is 0 Å². The summed E-state index contributed by atoms with van der Waals surface area (Å²) in [5.74, 6) is 0.847. The van der Waals surface area contributed by atoms with Gasteiger partial charge in [-0.2, -0.15) is 5.10 Å². The Morgan fingerprint density at radius 3 is 2.58 bits per heavy atom. The van der Waals surface area contributed by atoms with E-state index in [1.165, 1.54) is 0 Å². The van der Waals surface area contributed by atoms with Gasteiger partial charge in [0.1, 0.15) is 12.4 Å². The lowest BCUT2D eigenvalue weighted by atomic mass is 10.2. The Hall–Kier alpha value is -1.85. The van der Waals surface area contributed by atoms with E-state index in [4.69, 9.17) is 4.74 Å². The number of piperazine rings is 1. The van der Waals surface area contributed by atoms with Crippen molar-refractivity contribution in [2.24, 2.45) is 5.10 Å². The minimum absolute atomic E-state index is 0.553. The molecule has 5 heteroatoms. The third kappa shape index (κ3) is 4.82. The fraction of sp³-hybridized carbons (Fsp3) is 0.316. The Kier molecular flexibility index (Phi) is 5.88. The van der Waals surface area contributed by atoms with Gasteiger partial charge >= 0.3 is 0 Å². The molecule has 2 aromatic rings. The summed E-state index contributed by atoms with van der Waals surface area (Å²) in [4.78, 5) is 2.32. The third-order valence-corrected chi connectivity index (χ3v) is 4.54. The first-order valence-corrected chi connectivity index (χ1v) is 8.94. The van der Waals surface area contributed by atoms with Gasteiger partial charge in [-0.05, 0) is 30.8 Å². The van der Waals surface area contributed by atoms with Crippen molar-refractivity contribution in [3.05, 3.63) is 64.1 Å². The average Bonchev–Trinajstić information content (AvgIpc) is 2.61. The van der Waals surface area contributed by atoms with Crippen molar-refractivity contribution >= 4 is 22.1 Å². The fourth-order valence-electron chi connectivity index (χ4n) is 2.54. The molecule has 0 aromatic heterocycles. The van der Waals surface area contributed by atoms with Crippen LogP contribution in [-0.2, 0) is 6.61 Å². The molecule has 0 N–H and O–H groups in total. The molecule has 0 atom stereocenters. The molecule has 2 aromatic carbocycles. The molecule has 1 heterocycles. The van der Waals surface area contributed by atoms with E-state index in [0.29, 0.717) is 6.61 Å². The Bertz CT molecular complexity index is 682. The molecular formula is C19H22BrN3O. The number of hydrogen-bond donors (Lipinski definition) is 0. The van der Waals surface area contributed by atoms with Crippen LogP contribution in [0.4, 0.5) is 0 Å². The zero-order valence-corrected chi connectivity index (χ0v) is 15.4. The zero-order valence-electron chi connectivity index (χ0n) is 13.9. The molecule has 0 radical (unpaired) electrons. The van der Waals surface area contributed by atoms with Gasteiger partial charge in [0.25, 0.3) is 0 Å². The summed E-state index contributed by atoms with van der Waals surface area (Å²) >= 11 is 3.53. The van der Waals surface area contributed by atoms with Crippen LogP contribution in [0.3, 0.4) is 0 Å². The molecule has 0 amide bonds. The molecule has 1 aliphatic rings. The van der Waals surface area contributed by atoms with Gasteiger partial charge in [0.05, 0.1) is 6.21 Å². The van der Waals surface area contributed by atoms with Crippen LogP contribution >= 0.6 is 15.9 Å². The third-order valence-electron chi connectivity index (χ3n) is 4.05. The maximum Gasteiger partial charge on any atom is 0.128 e. The molecule has 1 saturated heterocycles. The van der Waals surface area contributed by atoms with Crippen molar-refractivity contribution in [2.75, 3.05) is 33.2 Å². The number of nitrogens with zero attached hydrogens (tertiary/aromatic N) is 3. The molecule has 1 aliphatic heterocycles. The second kappa shape index (κ2) is 8.31. The SMILES string of the molecule is CN1CCN(/N=C\c2cc(Br)ccc2OCc2ccccc2)CC1. The highest BCUT2D eigenvalue weighted by atomic mass is 79.9. The molecule has 1 fully saturated rings. The lowest BCUT2D eigenvalue weighted by molar-refractivity contribution is 0.159.